The highest BCUT2D eigenvalue weighted by Crippen LogP contribution is 2.21. The molecule has 1 aromatic rings. The normalized spacial score (nSPS) is 15.1. The Labute approximate surface area is 114 Å². The summed E-state index contributed by atoms with van der Waals surface area (Å²) >= 11 is 0. The van der Waals surface area contributed by atoms with Gasteiger partial charge in [-0.1, -0.05) is 5.16 Å². The SMILES string of the molecule is Cc1noc(C)c1C(C)NC(C)C(=O)OC(C)(C)C. The molecule has 0 fully saturated rings. The summed E-state index contributed by atoms with van der Waals surface area (Å²) in [5, 5.41) is 7.13. The van der Waals surface area contributed by atoms with Crippen LogP contribution in [0.4, 0.5) is 0 Å². The molecule has 5 nitrogen and oxygen atoms in total. The number of aryl methyl sites for hydroxylation is 2. The van der Waals surface area contributed by atoms with E-state index in [0.717, 1.165) is 17.0 Å². The monoisotopic (exact) mass is 268 g/mol. The van der Waals surface area contributed by atoms with Crippen LogP contribution in [0.15, 0.2) is 4.52 Å². The summed E-state index contributed by atoms with van der Waals surface area (Å²) in [6, 6.07) is -0.406. The predicted octanol–water partition coefficient (Wildman–Crippen LogP) is 2.67. The largest absolute Gasteiger partial charge is 0.459 e. The molecular weight excluding hydrogens is 244 g/mol. The van der Waals surface area contributed by atoms with Gasteiger partial charge in [-0.2, -0.15) is 0 Å². The third-order valence-corrected chi connectivity index (χ3v) is 2.78. The quantitative estimate of drug-likeness (QED) is 0.850. The van der Waals surface area contributed by atoms with Crippen LogP contribution in [0.1, 0.15) is 57.7 Å². The first-order chi connectivity index (χ1) is 8.61. The summed E-state index contributed by atoms with van der Waals surface area (Å²) in [5.41, 5.74) is 1.36. The molecule has 1 rings (SSSR count). The maximum atomic E-state index is 11.9. The summed E-state index contributed by atoms with van der Waals surface area (Å²) < 4.78 is 10.5. The van der Waals surface area contributed by atoms with Gasteiger partial charge in [0.25, 0.3) is 0 Å². The minimum absolute atomic E-state index is 0.0197. The van der Waals surface area contributed by atoms with E-state index in [-0.39, 0.29) is 18.1 Å². The van der Waals surface area contributed by atoms with Crippen molar-refractivity contribution >= 4 is 5.97 Å². The first-order valence-electron chi connectivity index (χ1n) is 6.53. The lowest BCUT2D eigenvalue weighted by Crippen LogP contribution is -2.40. The van der Waals surface area contributed by atoms with Gasteiger partial charge < -0.3 is 9.26 Å². The van der Waals surface area contributed by atoms with Crippen LogP contribution in [0.3, 0.4) is 0 Å². The Morgan fingerprint density at radius 2 is 1.89 bits per heavy atom. The molecule has 0 bridgehead atoms. The molecule has 2 unspecified atom stereocenters. The highest BCUT2D eigenvalue weighted by Gasteiger charge is 2.25. The number of esters is 1. The molecule has 2 atom stereocenters. The van der Waals surface area contributed by atoms with Gasteiger partial charge in [0.15, 0.2) is 0 Å². The molecule has 0 amide bonds. The van der Waals surface area contributed by atoms with Gasteiger partial charge in [-0.3, -0.25) is 10.1 Å². The fourth-order valence-electron chi connectivity index (χ4n) is 2.02. The van der Waals surface area contributed by atoms with Gasteiger partial charge >= 0.3 is 5.97 Å². The standard InChI is InChI=1S/C14H24N2O3/c1-8(12-9(2)16-19-11(12)4)15-10(3)13(17)18-14(5,6)7/h8,10,15H,1-7H3. The van der Waals surface area contributed by atoms with E-state index in [1.807, 2.05) is 41.5 Å². The molecule has 5 heteroatoms. The molecule has 1 aromatic heterocycles. The van der Waals surface area contributed by atoms with Crippen molar-refractivity contribution in [3.05, 3.63) is 17.0 Å². The fraction of sp³-hybridized carbons (Fsp3) is 0.714. The number of nitrogens with one attached hydrogen (secondary N) is 1. The van der Waals surface area contributed by atoms with Gasteiger partial charge in [-0.05, 0) is 48.5 Å². The molecule has 0 saturated heterocycles. The van der Waals surface area contributed by atoms with E-state index in [0.29, 0.717) is 0 Å². The van der Waals surface area contributed by atoms with Crippen LogP contribution in [-0.2, 0) is 9.53 Å². The maximum absolute atomic E-state index is 11.9. The summed E-state index contributed by atoms with van der Waals surface area (Å²) in [6.45, 7) is 13.1. The van der Waals surface area contributed by atoms with Crippen molar-refractivity contribution in [1.82, 2.24) is 10.5 Å². The van der Waals surface area contributed by atoms with E-state index in [2.05, 4.69) is 10.5 Å². The summed E-state index contributed by atoms with van der Waals surface area (Å²) in [7, 11) is 0. The van der Waals surface area contributed by atoms with Crippen molar-refractivity contribution in [2.45, 2.75) is 66.2 Å². The smallest absolute Gasteiger partial charge is 0.323 e. The molecule has 0 saturated carbocycles. The van der Waals surface area contributed by atoms with Crippen LogP contribution in [0.25, 0.3) is 0 Å². The lowest BCUT2D eigenvalue weighted by Gasteiger charge is -2.24. The molecule has 108 valence electrons. The number of ether oxygens (including phenoxy) is 1. The molecule has 0 spiro atoms. The van der Waals surface area contributed by atoms with Gasteiger partial charge in [0, 0.05) is 11.6 Å². The number of carbonyl (C=O) groups excluding carboxylic acids is 1. The molecule has 1 heterocycles. The number of rotatable bonds is 4. The molecule has 0 aliphatic heterocycles. The van der Waals surface area contributed by atoms with Gasteiger partial charge in [-0.15, -0.1) is 0 Å². The van der Waals surface area contributed by atoms with E-state index in [1.165, 1.54) is 0 Å². The Balaban J connectivity index is 2.67. The molecule has 0 aliphatic rings. The third-order valence-electron chi connectivity index (χ3n) is 2.78. The molecule has 0 radical (unpaired) electrons. The highest BCUT2D eigenvalue weighted by atomic mass is 16.6. The van der Waals surface area contributed by atoms with Gasteiger partial charge in [0.05, 0.1) is 5.69 Å². The van der Waals surface area contributed by atoms with Crippen molar-refractivity contribution in [2.75, 3.05) is 0 Å². The molecule has 0 aromatic carbocycles. The van der Waals surface area contributed by atoms with Crippen LogP contribution in [-0.4, -0.2) is 22.8 Å². The van der Waals surface area contributed by atoms with E-state index >= 15 is 0 Å². The Hall–Kier alpha value is -1.36. The van der Waals surface area contributed by atoms with Crippen LogP contribution in [0, 0.1) is 13.8 Å². The zero-order valence-electron chi connectivity index (χ0n) is 12.8. The van der Waals surface area contributed by atoms with Crippen LogP contribution >= 0.6 is 0 Å². The van der Waals surface area contributed by atoms with Crippen molar-refractivity contribution in [3.63, 3.8) is 0 Å². The number of nitrogens with zero attached hydrogens (tertiary/aromatic N) is 1. The van der Waals surface area contributed by atoms with Crippen molar-refractivity contribution in [3.8, 4) is 0 Å². The summed E-state index contributed by atoms with van der Waals surface area (Å²) in [4.78, 5) is 11.9. The second-order valence-corrected chi connectivity index (χ2v) is 5.88. The lowest BCUT2D eigenvalue weighted by molar-refractivity contribution is -0.157. The lowest BCUT2D eigenvalue weighted by atomic mass is 10.1. The summed E-state index contributed by atoms with van der Waals surface area (Å²) in [6.07, 6.45) is 0. The minimum atomic E-state index is -0.473. The maximum Gasteiger partial charge on any atom is 0.323 e. The Kier molecular flexibility index (Phi) is 4.74. The molecule has 0 aliphatic carbocycles. The zero-order valence-corrected chi connectivity index (χ0v) is 12.8. The third kappa shape index (κ3) is 4.35. The fourth-order valence-corrected chi connectivity index (χ4v) is 2.02. The number of hydrogen-bond donors (Lipinski definition) is 1. The number of hydrogen-bond acceptors (Lipinski definition) is 5. The van der Waals surface area contributed by atoms with Crippen molar-refractivity contribution in [2.24, 2.45) is 0 Å². The van der Waals surface area contributed by atoms with E-state index < -0.39 is 5.60 Å². The summed E-state index contributed by atoms with van der Waals surface area (Å²) in [5.74, 6) is 0.514. The first kappa shape index (κ1) is 15.7. The van der Waals surface area contributed by atoms with Crippen LogP contribution < -0.4 is 5.32 Å². The van der Waals surface area contributed by atoms with E-state index in [4.69, 9.17) is 9.26 Å². The zero-order chi connectivity index (χ0) is 14.8. The van der Waals surface area contributed by atoms with Gasteiger partial charge in [0.2, 0.25) is 0 Å². The second kappa shape index (κ2) is 5.74. The number of carbonyl (C=O) groups is 1. The van der Waals surface area contributed by atoms with Crippen molar-refractivity contribution in [1.29, 1.82) is 0 Å². The van der Waals surface area contributed by atoms with E-state index in [1.54, 1.807) is 6.92 Å². The topological polar surface area (TPSA) is 64.4 Å². The highest BCUT2D eigenvalue weighted by molar-refractivity contribution is 5.75. The van der Waals surface area contributed by atoms with Gasteiger partial charge in [-0.25, -0.2) is 0 Å². The Morgan fingerprint density at radius 3 is 2.32 bits per heavy atom. The van der Waals surface area contributed by atoms with Gasteiger partial charge in [0.1, 0.15) is 17.4 Å². The average Bonchev–Trinajstić information content (AvgIpc) is 2.55. The molecule has 19 heavy (non-hydrogen) atoms. The molecular formula is C14H24N2O3. The van der Waals surface area contributed by atoms with Crippen molar-refractivity contribution < 1.29 is 14.1 Å². The van der Waals surface area contributed by atoms with E-state index in [9.17, 15) is 4.79 Å². The Morgan fingerprint density at radius 1 is 1.32 bits per heavy atom. The molecule has 1 N–H and O–H groups in total. The first-order valence-corrected chi connectivity index (χ1v) is 6.53. The number of aromatic nitrogens is 1. The van der Waals surface area contributed by atoms with Crippen LogP contribution in [0.2, 0.25) is 0 Å². The Bertz CT molecular complexity index is 427. The second-order valence-electron chi connectivity index (χ2n) is 5.88. The van der Waals surface area contributed by atoms with Crippen LogP contribution in [0.5, 0.6) is 0 Å². The minimum Gasteiger partial charge on any atom is -0.459 e. The average molecular weight is 268 g/mol. The predicted molar refractivity (Wildman–Crippen MR) is 72.8 cm³/mol.